The molecule has 3 heteroatoms. The van der Waals surface area contributed by atoms with Gasteiger partial charge in [0.2, 0.25) is 0 Å². The average molecular weight is 214 g/mol. The maximum Gasteiger partial charge on any atom is 0.0621 e. The predicted molar refractivity (Wildman–Crippen MR) is 64.0 cm³/mol. The maximum atomic E-state index is 9.63. The second kappa shape index (κ2) is 4.04. The van der Waals surface area contributed by atoms with E-state index in [0.29, 0.717) is 6.04 Å². The molecule has 0 heterocycles. The minimum absolute atomic E-state index is 0.0302. The number of nitrogens with one attached hydrogen (secondary N) is 1. The van der Waals surface area contributed by atoms with Crippen molar-refractivity contribution in [2.24, 2.45) is 5.41 Å². The van der Waals surface area contributed by atoms with Crippen LogP contribution in [0.15, 0.2) is 0 Å². The molecule has 1 aliphatic rings. The Hall–Kier alpha value is -0.120. The molecule has 1 saturated carbocycles. The summed E-state index contributed by atoms with van der Waals surface area (Å²) in [7, 11) is 4.20. The molecule has 0 amide bonds. The third-order valence-electron chi connectivity index (χ3n) is 4.21. The highest BCUT2D eigenvalue weighted by molar-refractivity contribution is 5.02. The van der Waals surface area contributed by atoms with Gasteiger partial charge < -0.3 is 15.3 Å². The third kappa shape index (κ3) is 2.52. The highest BCUT2D eigenvalue weighted by atomic mass is 16.3. The monoisotopic (exact) mass is 214 g/mol. The van der Waals surface area contributed by atoms with Gasteiger partial charge in [0.15, 0.2) is 0 Å². The number of hydrogen-bond donors (Lipinski definition) is 2. The fourth-order valence-corrected chi connectivity index (χ4v) is 1.78. The summed E-state index contributed by atoms with van der Waals surface area (Å²) in [5, 5.41) is 13.2. The molecule has 0 aromatic heterocycles. The summed E-state index contributed by atoms with van der Waals surface area (Å²) in [6.45, 7) is 9.66. The molecule has 2 N–H and O–H groups in total. The van der Waals surface area contributed by atoms with E-state index in [1.54, 1.807) is 0 Å². The molecule has 0 radical (unpaired) electrons. The van der Waals surface area contributed by atoms with Gasteiger partial charge in [-0.25, -0.2) is 0 Å². The standard InChI is InChI=1S/C12H26N2O/c1-11(2,14(5)6)8-13-9-7-10(15)12(9,3)4/h9-10,13,15H,7-8H2,1-6H3. The van der Waals surface area contributed by atoms with E-state index < -0.39 is 0 Å². The molecule has 0 bridgehead atoms. The number of hydrogen-bond acceptors (Lipinski definition) is 3. The highest BCUT2D eigenvalue weighted by Gasteiger charge is 2.47. The zero-order chi connectivity index (χ0) is 11.9. The molecule has 2 unspecified atom stereocenters. The topological polar surface area (TPSA) is 35.5 Å². The van der Waals surface area contributed by atoms with Crippen LogP contribution in [0.5, 0.6) is 0 Å². The predicted octanol–water partition coefficient (Wildman–Crippen LogP) is 1.08. The van der Waals surface area contributed by atoms with Crippen molar-refractivity contribution in [1.29, 1.82) is 0 Å². The largest absolute Gasteiger partial charge is 0.392 e. The van der Waals surface area contributed by atoms with Crippen molar-refractivity contribution in [3.8, 4) is 0 Å². The summed E-state index contributed by atoms with van der Waals surface area (Å²) in [5.41, 5.74) is 0.193. The first-order chi connectivity index (χ1) is 6.68. The number of aliphatic hydroxyl groups excluding tert-OH is 1. The van der Waals surface area contributed by atoms with Crippen molar-refractivity contribution in [2.75, 3.05) is 20.6 Å². The van der Waals surface area contributed by atoms with Gasteiger partial charge in [0.25, 0.3) is 0 Å². The summed E-state index contributed by atoms with van der Waals surface area (Å²) in [4.78, 5) is 2.22. The van der Waals surface area contributed by atoms with Crippen LogP contribution in [0, 0.1) is 5.41 Å². The minimum atomic E-state index is -0.141. The SMILES string of the molecule is CN(C)C(C)(C)CNC1CC(O)C1(C)C. The number of likely N-dealkylation sites (N-methyl/N-ethyl adjacent to an activating group) is 1. The second-order valence-electron chi connectivity index (χ2n) is 6.21. The van der Waals surface area contributed by atoms with Crippen molar-refractivity contribution < 1.29 is 5.11 Å². The van der Waals surface area contributed by atoms with Gasteiger partial charge in [0.05, 0.1) is 6.10 Å². The second-order valence-corrected chi connectivity index (χ2v) is 6.21. The van der Waals surface area contributed by atoms with Crippen molar-refractivity contribution in [1.82, 2.24) is 10.2 Å². The van der Waals surface area contributed by atoms with Crippen LogP contribution in [0.2, 0.25) is 0 Å². The first kappa shape index (κ1) is 12.9. The van der Waals surface area contributed by atoms with E-state index in [4.69, 9.17) is 0 Å². The maximum absolute atomic E-state index is 9.63. The van der Waals surface area contributed by atoms with E-state index in [9.17, 15) is 5.11 Å². The number of aliphatic hydroxyl groups is 1. The van der Waals surface area contributed by atoms with E-state index >= 15 is 0 Å². The Balaban J connectivity index is 2.40. The lowest BCUT2D eigenvalue weighted by atomic mass is 9.64. The molecule has 0 aromatic carbocycles. The molecule has 15 heavy (non-hydrogen) atoms. The first-order valence-corrected chi connectivity index (χ1v) is 5.77. The molecule has 1 rings (SSSR count). The molecule has 0 aliphatic heterocycles. The minimum Gasteiger partial charge on any atom is -0.392 e. The lowest BCUT2D eigenvalue weighted by molar-refractivity contribution is -0.0750. The van der Waals surface area contributed by atoms with Gasteiger partial charge in [-0.2, -0.15) is 0 Å². The average Bonchev–Trinajstić information content (AvgIpc) is 2.11. The highest BCUT2D eigenvalue weighted by Crippen LogP contribution is 2.40. The first-order valence-electron chi connectivity index (χ1n) is 5.77. The summed E-state index contributed by atoms with van der Waals surface area (Å²) < 4.78 is 0. The molecule has 2 atom stereocenters. The summed E-state index contributed by atoms with van der Waals surface area (Å²) in [6.07, 6.45) is 0.744. The lowest BCUT2D eigenvalue weighted by Gasteiger charge is -2.51. The van der Waals surface area contributed by atoms with Crippen LogP contribution in [0.3, 0.4) is 0 Å². The van der Waals surface area contributed by atoms with Gasteiger partial charge in [-0.1, -0.05) is 13.8 Å². The molecule has 1 fully saturated rings. The van der Waals surface area contributed by atoms with Crippen LogP contribution in [-0.2, 0) is 0 Å². The van der Waals surface area contributed by atoms with E-state index in [-0.39, 0.29) is 17.1 Å². The van der Waals surface area contributed by atoms with Crippen LogP contribution in [0.4, 0.5) is 0 Å². The molecule has 1 aliphatic carbocycles. The van der Waals surface area contributed by atoms with Crippen LogP contribution >= 0.6 is 0 Å². The Morgan fingerprint density at radius 1 is 1.40 bits per heavy atom. The van der Waals surface area contributed by atoms with Gasteiger partial charge in [-0.05, 0) is 34.4 Å². The van der Waals surface area contributed by atoms with Crippen LogP contribution in [0.25, 0.3) is 0 Å². The quantitative estimate of drug-likeness (QED) is 0.735. The van der Waals surface area contributed by atoms with Crippen molar-refractivity contribution in [2.45, 2.75) is 51.8 Å². The summed E-state index contributed by atoms with van der Waals surface area (Å²) in [5.74, 6) is 0. The van der Waals surface area contributed by atoms with Crippen molar-refractivity contribution in [3.05, 3.63) is 0 Å². The Labute approximate surface area is 93.9 Å². The van der Waals surface area contributed by atoms with E-state index in [1.165, 1.54) is 0 Å². The van der Waals surface area contributed by atoms with Gasteiger partial charge in [0, 0.05) is 23.5 Å². The van der Waals surface area contributed by atoms with Gasteiger partial charge in [-0.3, -0.25) is 0 Å². The van der Waals surface area contributed by atoms with Crippen LogP contribution < -0.4 is 5.32 Å². The molecule has 90 valence electrons. The van der Waals surface area contributed by atoms with Gasteiger partial charge in [0.1, 0.15) is 0 Å². The van der Waals surface area contributed by atoms with E-state index in [1.807, 2.05) is 0 Å². The van der Waals surface area contributed by atoms with Gasteiger partial charge >= 0.3 is 0 Å². The molecule has 0 aromatic rings. The van der Waals surface area contributed by atoms with Crippen molar-refractivity contribution >= 4 is 0 Å². The smallest absolute Gasteiger partial charge is 0.0621 e. The normalized spacial score (nSPS) is 30.4. The Morgan fingerprint density at radius 2 is 1.93 bits per heavy atom. The Kier molecular flexibility index (Phi) is 3.49. The van der Waals surface area contributed by atoms with Crippen molar-refractivity contribution in [3.63, 3.8) is 0 Å². The zero-order valence-electron chi connectivity index (χ0n) is 11.0. The van der Waals surface area contributed by atoms with E-state index in [2.05, 4.69) is 52.0 Å². The summed E-state index contributed by atoms with van der Waals surface area (Å²) >= 11 is 0. The molecular weight excluding hydrogens is 188 g/mol. The lowest BCUT2D eigenvalue weighted by Crippen LogP contribution is -2.62. The fourth-order valence-electron chi connectivity index (χ4n) is 1.78. The van der Waals surface area contributed by atoms with Crippen LogP contribution in [-0.4, -0.2) is 48.3 Å². The molecular formula is C12H26N2O. The Bertz CT molecular complexity index is 224. The van der Waals surface area contributed by atoms with Gasteiger partial charge in [-0.15, -0.1) is 0 Å². The third-order valence-corrected chi connectivity index (χ3v) is 4.21. The molecule has 3 nitrogen and oxygen atoms in total. The number of rotatable bonds is 4. The molecule has 0 saturated heterocycles. The zero-order valence-corrected chi connectivity index (χ0v) is 11.0. The van der Waals surface area contributed by atoms with Crippen LogP contribution in [0.1, 0.15) is 34.1 Å². The summed E-state index contributed by atoms with van der Waals surface area (Å²) in [6, 6.07) is 0.451. The Morgan fingerprint density at radius 3 is 2.27 bits per heavy atom. The molecule has 0 spiro atoms. The fraction of sp³-hybridized carbons (Fsp3) is 1.00. The number of nitrogens with zero attached hydrogens (tertiary/aromatic N) is 1. The van der Waals surface area contributed by atoms with E-state index in [0.717, 1.165) is 13.0 Å².